The van der Waals surface area contributed by atoms with Crippen molar-refractivity contribution in [3.8, 4) is 5.75 Å². The minimum Gasteiger partial charge on any atom is -0.505 e. The van der Waals surface area contributed by atoms with Crippen LogP contribution in [0, 0.1) is 11.6 Å². The van der Waals surface area contributed by atoms with Gasteiger partial charge in [0.05, 0.1) is 0 Å². The summed E-state index contributed by atoms with van der Waals surface area (Å²) >= 11 is 0. The third kappa shape index (κ3) is 3.76. The third-order valence-electron chi connectivity index (χ3n) is 3.64. The molecule has 0 fully saturated rings. The number of aromatic nitrogens is 2. The third-order valence-corrected chi connectivity index (χ3v) is 3.64. The van der Waals surface area contributed by atoms with Crippen LogP contribution in [0.5, 0.6) is 5.75 Å². The van der Waals surface area contributed by atoms with Crippen LogP contribution in [0.3, 0.4) is 0 Å². The molecule has 0 aliphatic carbocycles. The number of phenols is 1. The lowest BCUT2D eigenvalue weighted by Crippen LogP contribution is -2.17. The van der Waals surface area contributed by atoms with Crippen molar-refractivity contribution in [1.82, 2.24) is 10.2 Å². The summed E-state index contributed by atoms with van der Waals surface area (Å²) in [5.41, 5.74) is -0.261. The first-order valence-electron chi connectivity index (χ1n) is 7.37. The highest BCUT2D eigenvalue weighted by Gasteiger charge is 2.34. The molecule has 1 heterocycles. The number of nitrogens with one attached hydrogen (secondary N) is 1. The summed E-state index contributed by atoms with van der Waals surface area (Å²) < 4.78 is 64.9. The van der Waals surface area contributed by atoms with Crippen LogP contribution in [0.1, 0.15) is 11.3 Å². The van der Waals surface area contributed by atoms with E-state index in [0.29, 0.717) is 5.56 Å². The van der Waals surface area contributed by atoms with Crippen molar-refractivity contribution in [3.05, 3.63) is 71.4 Å². The van der Waals surface area contributed by atoms with Gasteiger partial charge in [-0.05, 0) is 29.8 Å². The first-order chi connectivity index (χ1) is 12.2. The number of hydrogen-bond donors (Lipinski definition) is 2. The Morgan fingerprint density at radius 3 is 2.27 bits per heavy atom. The van der Waals surface area contributed by atoms with Crippen LogP contribution in [0.15, 0.2) is 48.5 Å². The van der Waals surface area contributed by atoms with E-state index in [1.807, 2.05) is 5.10 Å². The van der Waals surface area contributed by atoms with E-state index in [-0.39, 0.29) is 18.1 Å². The first-order valence-corrected chi connectivity index (χ1v) is 7.37. The quantitative estimate of drug-likeness (QED) is 0.653. The van der Waals surface area contributed by atoms with Gasteiger partial charge < -0.3 is 10.0 Å². The topological polar surface area (TPSA) is 52.1 Å². The second-order valence-electron chi connectivity index (χ2n) is 5.49. The molecular formula is C17H12F5N3O. The molecule has 1 aromatic heterocycles. The summed E-state index contributed by atoms with van der Waals surface area (Å²) in [6, 6.07) is 9.49. The number of alkyl halides is 3. The van der Waals surface area contributed by atoms with Crippen LogP contribution in [0.2, 0.25) is 0 Å². The second-order valence-corrected chi connectivity index (χ2v) is 5.49. The van der Waals surface area contributed by atoms with Crippen molar-refractivity contribution in [1.29, 1.82) is 0 Å². The van der Waals surface area contributed by atoms with Crippen molar-refractivity contribution in [2.45, 2.75) is 12.7 Å². The molecule has 0 bridgehead atoms. The number of nitrogens with zero attached hydrogens (tertiary/aromatic N) is 2. The first kappa shape index (κ1) is 17.7. The number of hydrogen-bond acceptors (Lipinski definition) is 3. The Labute approximate surface area is 144 Å². The van der Waals surface area contributed by atoms with Gasteiger partial charge in [-0.2, -0.15) is 18.3 Å². The zero-order valence-electron chi connectivity index (χ0n) is 13.1. The molecule has 136 valence electrons. The van der Waals surface area contributed by atoms with Crippen LogP contribution in [0.4, 0.5) is 33.5 Å². The van der Waals surface area contributed by atoms with Gasteiger partial charge in [0.15, 0.2) is 17.4 Å². The van der Waals surface area contributed by atoms with Crippen molar-refractivity contribution < 1.29 is 27.1 Å². The van der Waals surface area contributed by atoms with Crippen LogP contribution in [-0.2, 0) is 12.7 Å². The Hall–Kier alpha value is -3.10. The predicted octanol–water partition coefficient (Wildman–Crippen LogP) is 4.75. The summed E-state index contributed by atoms with van der Waals surface area (Å²) in [7, 11) is 0. The largest absolute Gasteiger partial charge is 0.505 e. The van der Waals surface area contributed by atoms with Gasteiger partial charge in [-0.1, -0.05) is 12.1 Å². The van der Waals surface area contributed by atoms with E-state index in [0.717, 1.165) is 18.2 Å². The lowest BCUT2D eigenvalue weighted by Gasteiger charge is -2.23. The molecule has 0 aliphatic heterocycles. The fourth-order valence-corrected chi connectivity index (χ4v) is 2.34. The minimum atomic E-state index is -4.61. The van der Waals surface area contributed by atoms with Gasteiger partial charge in [0.25, 0.3) is 0 Å². The molecule has 0 amide bonds. The highest BCUT2D eigenvalue weighted by molar-refractivity contribution is 5.62. The summed E-state index contributed by atoms with van der Waals surface area (Å²) in [6.45, 7) is 0.0213. The van der Waals surface area contributed by atoms with Gasteiger partial charge in [-0.3, -0.25) is 5.10 Å². The van der Waals surface area contributed by atoms with Gasteiger partial charge in [0, 0.05) is 24.4 Å². The van der Waals surface area contributed by atoms with E-state index < -0.39 is 29.3 Å². The van der Waals surface area contributed by atoms with Crippen LogP contribution >= 0.6 is 0 Å². The van der Waals surface area contributed by atoms with Crippen LogP contribution in [-0.4, -0.2) is 15.3 Å². The number of halogens is 5. The molecule has 0 saturated heterocycles. The average molecular weight is 369 g/mol. The second kappa shape index (κ2) is 6.66. The normalized spacial score (nSPS) is 11.6. The number of anilines is 2. The molecular weight excluding hydrogens is 357 g/mol. The standard InChI is InChI=1S/C17H12F5N3O/c18-11-3-1-10(2-4-11)9-25(12-5-6-13(19)14(26)7-12)16-8-15(23-24-16)17(20,21)22/h1-8,26H,9H2,(H,23,24). The minimum absolute atomic E-state index is 0.0213. The maximum atomic E-state index is 13.3. The molecule has 0 unspecified atom stereocenters. The van der Waals surface area contributed by atoms with E-state index >= 15 is 0 Å². The van der Waals surface area contributed by atoms with E-state index in [4.69, 9.17) is 0 Å². The van der Waals surface area contributed by atoms with E-state index in [2.05, 4.69) is 5.10 Å². The highest BCUT2D eigenvalue weighted by Crippen LogP contribution is 2.34. The summed E-state index contributed by atoms with van der Waals surface area (Å²) in [6.07, 6.45) is -4.61. The summed E-state index contributed by atoms with van der Waals surface area (Å²) in [4.78, 5) is 1.33. The number of benzene rings is 2. The van der Waals surface area contributed by atoms with Gasteiger partial charge in [0.1, 0.15) is 11.5 Å². The van der Waals surface area contributed by atoms with Crippen molar-refractivity contribution in [2.75, 3.05) is 4.90 Å². The number of rotatable bonds is 4. The van der Waals surface area contributed by atoms with Crippen molar-refractivity contribution in [3.63, 3.8) is 0 Å². The van der Waals surface area contributed by atoms with Crippen molar-refractivity contribution >= 4 is 11.5 Å². The molecule has 0 saturated carbocycles. The van der Waals surface area contributed by atoms with E-state index in [9.17, 15) is 27.1 Å². The molecule has 26 heavy (non-hydrogen) atoms. The number of aromatic hydroxyl groups is 1. The highest BCUT2D eigenvalue weighted by atomic mass is 19.4. The molecule has 2 aromatic carbocycles. The molecule has 0 atom stereocenters. The molecule has 0 aliphatic rings. The lowest BCUT2D eigenvalue weighted by atomic mass is 10.2. The Bertz CT molecular complexity index is 906. The average Bonchev–Trinajstić information content (AvgIpc) is 3.07. The fourth-order valence-electron chi connectivity index (χ4n) is 2.34. The molecule has 4 nitrogen and oxygen atoms in total. The Morgan fingerprint density at radius 2 is 1.69 bits per heavy atom. The molecule has 0 radical (unpaired) electrons. The summed E-state index contributed by atoms with van der Waals surface area (Å²) in [5.74, 6) is -2.07. The Morgan fingerprint density at radius 1 is 1.00 bits per heavy atom. The molecule has 0 spiro atoms. The van der Waals surface area contributed by atoms with Gasteiger partial charge in [0.2, 0.25) is 0 Å². The smallest absolute Gasteiger partial charge is 0.432 e. The Balaban J connectivity index is 2.01. The van der Waals surface area contributed by atoms with Gasteiger partial charge in [-0.15, -0.1) is 0 Å². The van der Waals surface area contributed by atoms with Crippen LogP contribution in [0.25, 0.3) is 0 Å². The SMILES string of the molecule is Oc1cc(N(Cc2ccc(F)cc2)c2cc(C(F)(F)F)[nH]n2)ccc1F. The molecule has 9 heteroatoms. The van der Waals surface area contributed by atoms with Crippen molar-refractivity contribution in [2.24, 2.45) is 0 Å². The van der Waals surface area contributed by atoms with E-state index in [1.165, 1.54) is 35.2 Å². The monoisotopic (exact) mass is 369 g/mol. The lowest BCUT2D eigenvalue weighted by molar-refractivity contribution is -0.141. The number of phenolic OH excluding ortho intramolecular Hbond substituents is 1. The molecule has 3 rings (SSSR count). The Kier molecular flexibility index (Phi) is 4.54. The number of H-pyrrole nitrogens is 1. The number of aromatic amines is 1. The maximum absolute atomic E-state index is 13.3. The molecule has 2 N–H and O–H groups in total. The summed E-state index contributed by atoms with van der Waals surface area (Å²) in [5, 5.41) is 15.1. The van der Waals surface area contributed by atoms with E-state index in [1.54, 1.807) is 0 Å². The zero-order chi connectivity index (χ0) is 18.9. The predicted molar refractivity (Wildman–Crippen MR) is 83.9 cm³/mol. The maximum Gasteiger partial charge on any atom is 0.432 e. The fraction of sp³-hybridized carbons (Fsp3) is 0.118. The van der Waals surface area contributed by atoms with Gasteiger partial charge >= 0.3 is 6.18 Å². The molecule has 3 aromatic rings. The van der Waals surface area contributed by atoms with Crippen LogP contribution < -0.4 is 4.90 Å². The zero-order valence-corrected chi connectivity index (χ0v) is 13.1. The van der Waals surface area contributed by atoms with Gasteiger partial charge in [-0.25, -0.2) is 8.78 Å².